The molecule has 0 saturated heterocycles. The molecule has 31 heavy (non-hydrogen) atoms. The predicted molar refractivity (Wildman–Crippen MR) is 122 cm³/mol. The summed E-state index contributed by atoms with van der Waals surface area (Å²) in [7, 11) is 0. The molecule has 0 aliphatic heterocycles. The summed E-state index contributed by atoms with van der Waals surface area (Å²) in [6, 6.07) is 23.8. The van der Waals surface area contributed by atoms with E-state index in [-0.39, 0.29) is 17.5 Å². The molecule has 0 aliphatic rings. The lowest BCUT2D eigenvalue weighted by atomic mass is 10.0. The first-order valence-corrected chi connectivity index (χ1v) is 10.9. The van der Waals surface area contributed by atoms with E-state index >= 15 is 0 Å². The molecule has 0 bridgehead atoms. The first-order chi connectivity index (χ1) is 15.2. The number of amides is 1. The van der Waals surface area contributed by atoms with Crippen molar-refractivity contribution < 1.29 is 9.18 Å². The van der Waals surface area contributed by atoms with Gasteiger partial charge in [-0.3, -0.25) is 4.79 Å². The fourth-order valence-electron chi connectivity index (χ4n) is 3.27. The summed E-state index contributed by atoms with van der Waals surface area (Å²) in [5.41, 5.74) is 3.56. The minimum atomic E-state index is -0.298. The Morgan fingerprint density at radius 2 is 1.65 bits per heavy atom. The van der Waals surface area contributed by atoms with Crippen LogP contribution in [0.15, 0.2) is 84.0 Å². The molecule has 4 aromatic rings. The smallest absolute Gasteiger partial charge is 0.234 e. The molecule has 0 radical (unpaired) electrons. The molecule has 1 amide bonds. The number of hydrogen-bond acceptors (Lipinski definition) is 4. The molecule has 5 nitrogen and oxygen atoms in total. The first kappa shape index (κ1) is 20.8. The molecule has 0 unspecified atom stereocenters. The fourth-order valence-corrected chi connectivity index (χ4v) is 4.07. The molecule has 3 aromatic carbocycles. The van der Waals surface area contributed by atoms with Gasteiger partial charge in [-0.15, -0.1) is 10.2 Å². The summed E-state index contributed by atoms with van der Waals surface area (Å²) in [6.45, 7) is 2.62. The highest BCUT2D eigenvalue weighted by molar-refractivity contribution is 7.99. The van der Waals surface area contributed by atoms with Crippen LogP contribution in [0.4, 0.5) is 10.1 Å². The lowest BCUT2D eigenvalue weighted by molar-refractivity contribution is -0.113. The Labute approximate surface area is 184 Å². The summed E-state index contributed by atoms with van der Waals surface area (Å²) in [4.78, 5) is 12.7. The van der Waals surface area contributed by atoms with Gasteiger partial charge < -0.3 is 9.88 Å². The number of hydrogen-bond donors (Lipinski definition) is 1. The number of nitrogens with one attached hydrogen (secondary N) is 1. The predicted octanol–water partition coefficient (Wildman–Crippen LogP) is 5.50. The third kappa shape index (κ3) is 4.83. The van der Waals surface area contributed by atoms with Gasteiger partial charge in [-0.25, -0.2) is 4.39 Å². The number of aromatic nitrogens is 3. The van der Waals surface area contributed by atoms with E-state index in [2.05, 4.69) is 15.5 Å². The third-order valence-electron chi connectivity index (χ3n) is 4.75. The molecule has 1 heterocycles. The SMILES string of the molecule is CCn1c(SCC(=O)Nc2ccccc2-c2ccccc2)nnc1-c1ccc(F)cc1. The van der Waals surface area contributed by atoms with Crippen LogP contribution in [0.25, 0.3) is 22.5 Å². The van der Waals surface area contributed by atoms with Crippen molar-refractivity contribution >= 4 is 23.4 Å². The van der Waals surface area contributed by atoms with Gasteiger partial charge in [0.25, 0.3) is 0 Å². The van der Waals surface area contributed by atoms with Crippen molar-refractivity contribution in [2.24, 2.45) is 0 Å². The Balaban J connectivity index is 1.46. The molecular weight excluding hydrogens is 411 g/mol. The molecule has 1 aromatic heterocycles. The van der Waals surface area contributed by atoms with E-state index in [1.54, 1.807) is 12.1 Å². The van der Waals surface area contributed by atoms with Crippen LogP contribution in [0.3, 0.4) is 0 Å². The van der Waals surface area contributed by atoms with E-state index in [1.807, 2.05) is 66.1 Å². The van der Waals surface area contributed by atoms with Crippen molar-refractivity contribution in [3.05, 3.63) is 84.7 Å². The molecule has 0 aliphatic carbocycles. The summed E-state index contributed by atoms with van der Waals surface area (Å²) in [5.74, 6) is 0.431. The number of para-hydroxylation sites is 1. The van der Waals surface area contributed by atoms with E-state index in [0.29, 0.717) is 17.5 Å². The van der Waals surface area contributed by atoms with Crippen LogP contribution in [0, 0.1) is 5.82 Å². The third-order valence-corrected chi connectivity index (χ3v) is 5.72. The maximum Gasteiger partial charge on any atom is 0.234 e. The molecule has 4 rings (SSSR count). The topological polar surface area (TPSA) is 59.8 Å². The largest absolute Gasteiger partial charge is 0.325 e. The van der Waals surface area contributed by atoms with Gasteiger partial charge in [0.15, 0.2) is 11.0 Å². The Morgan fingerprint density at radius 1 is 0.935 bits per heavy atom. The monoisotopic (exact) mass is 432 g/mol. The van der Waals surface area contributed by atoms with E-state index < -0.39 is 0 Å². The molecule has 1 N–H and O–H groups in total. The maximum absolute atomic E-state index is 13.2. The van der Waals surface area contributed by atoms with Crippen molar-refractivity contribution in [2.75, 3.05) is 11.1 Å². The number of benzene rings is 3. The zero-order chi connectivity index (χ0) is 21.6. The Bertz CT molecular complexity index is 1180. The van der Waals surface area contributed by atoms with Crippen LogP contribution >= 0.6 is 11.8 Å². The second-order valence-electron chi connectivity index (χ2n) is 6.81. The second-order valence-corrected chi connectivity index (χ2v) is 7.75. The molecule has 7 heteroatoms. The zero-order valence-electron chi connectivity index (χ0n) is 17.0. The van der Waals surface area contributed by atoms with Crippen molar-refractivity contribution in [3.63, 3.8) is 0 Å². The highest BCUT2D eigenvalue weighted by atomic mass is 32.2. The van der Waals surface area contributed by atoms with Crippen LogP contribution in [0.2, 0.25) is 0 Å². The lowest BCUT2D eigenvalue weighted by Crippen LogP contribution is -2.15. The van der Waals surface area contributed by atoms with Gasteiger partial charge >= 0.3 is 0 Å². The number of thioether (sulfide) groups is 1. The summed E-state index contributed by atoms with van der Waals surface area (Å²) in [5, 5.41) is 12.1. The van der Waals surface area contributed by atoms with Crippen molar-refractivity contribution in [1.29, 1.82) is 0 Å². The molecule has 0 spiro atoms. The van der Waals surface area contributed by atoms with Gasteiger partial charge in [-0.1, -0.05) is 60.3 Å². The fraction of sp³-hybridized carbons (Fsp3) is 0.125. The number of carbonyl (C=O) groups excluding carboxylic acids is 1. The van der Waals surface area contributed by atoms with Crippen LogP contribution in [-0.2, 0) is 11.3 Å². The zero-order valence-corrected chi connectivity index (χ0v) is 17.8. The summed E-state index contributed by atoms with van der Waals surface area (Å²) >= 11 is 1.32. The first-order valence-electron chi connectivity index (χ1n) is 9.92. The Hall–Kier alpha value is -3.45. The average molecular weight is 433 g/mol. The van der Waals surface area contributed by atoms with Gasteiger partial charge in [0.1, 0.15) is 5.82 Å². The van der Waals surface area contributed by atoms with E-state index in [9.17, 15) is 9.18 Å². The van der Waals surface area contributed by atoms with Gasteiger partial charge in [0, 0.05) is 23.4 Å². The van der Waals surface area contributed by atoms with Gasteiger partial charge in [0.05, 0.1) is 5.75 Å². The van der Waals surface area contributed by atoms with E-state index in [0.717, 1.165) is 22.4 Å². The second kappa shape index (κ2) is 9.57. The van der Waals surface area contributed by atoms with E-state index in [1.165, 1.54) is 23.9 Å². The highest BCUT2D eigenvalue weighted by Crippen LogP contribution is 2.28. The van der Waals surface area contributed by atoms with E-state index in [4.69, 9.17) is 0 Å². The van der Waals surface area contributed by atoms with Gasteiger partial charge in [0.2, 0.25) is 5.91 Å². The lowest BCUT2D eigenvalue weighted by Gasteiger charge is -2.11. The maximum atomic E-state index is 13.2. The number of rotatable bonds is 7. The van der Waals surface area contributed by atoms with Crippen LogP contribution in [-0.4, -0.2) is 26.4 Å². The number of anilines is 1. The minimum Gasteiger partial charge on any atom is -0.325 e. The Kier molecular flexibility index (Phi) is 6.43. The van der Waals surface area contributed by atoms with Gasteiger partial charge in [-0.05, 0) is 42.8 Å². The molecular formula is C24H21FN4OS. The summed E-state index contributed by atoms with van der Waals surface area (Å²) < 4.78 is 15.1. The number of carbonyl (C=O) groups is 1. The average Bonchev–Trinajstić information content (AvgIpc) is 3.22. The Morgan fingerprint density at radius 3 is 2.39 bits per heavy atom. The van der Waals surface area contributed by atoms with Crippen molar-refractivity contribution in [2.45, 2.75) is 18.6 Å². The minimum absolute atomic E-state index is 0.123. The number of nitrogens with zero attached hydrogens (tertiary/aromatic N) is 3. The molecule has 0 saturated carbocycles. The molecule has 156 valence electrons. The quantitative estimate of drug-likeness (QED) is 0.392. The van der Waals surface area contributed by atoms with Crippen molar-refractivity contribution in [1.82, 2.24) is 14.8 Å². The van der Waals surface area contributed by atoms with Crippen LogP contribution in [0.1, 0.15) is 6.92 Å². The normalized spacial score (nSPS) is 10.8. The highest BCUT2D eigenvalue weighted by Gasteiger charge is 2.15. The van der Waals surface area contributed by atoms with Crippen LogP contribution < -0.4 is 5.32 Å². The molecule has 0 atom stereocenters. The standard InChI is InChI=1S/C24H21FN4OS/c1-2-29-23(18-12-14-19(25)15-13-18)27-28-24(29)31-16-22(30)26-21-11-7-6-10-20(21)17-8-4-3-5-9-17/h3-15H,2,16H2,1H3,(H,26,30). The summed E-state index contributed by atoms with van der Waals surface area (Å²) in [6.07, 6.45) is 0. The van der Waals surface area contributed by atoms with Crippen molar-refractivity contribution in [3.8, 4) is 22.5 Å². The van der Waals surface area contributed by atoms with Crippen LogP contribution in [0.5, 0.6) is 0 Å². The van der Waals surface area contributed by atoms with Gasteiger partial charge in [-0.2, -0.15) is 0 Å². The molecule has 0 fully saturated rings. The number of halogens is 1.